The Morgan fingerprint density at radius 3 is 2.62 bits per heavy atom. The lowest BCUT2D eigenvalue weighted by atomic mass is 9.96. The van der Waals surface area contributed by atoms with Crippen LogP contribution in [0.2, 0.25) is 5.02 Å². The SMILES string of the molecule is CCCNC(c1c(Cl)cnn1CCOC)C(OC)C(C)C. The molecule has 0 aliphatic carbocycles. The molecule has 0 amide bonds. The van der Waals surface area contributed by atoms with Gasteiger partial charge in [-0.2, -0.15) is 5.10 Å². The van der Waals surface area contributed by atoms with Crippen molar-refractivity contribution in [3.05, 3.63) is 16.9 Å². The van der Waals surface area contributed by atoms with Crippen LogP contribution < -0.4 is 5.32 Å². The molecule has 21 heavy (non-hydrogen) atoms. The van der Waals surface area contributed by atoms with Crippen molar-refractivity contribution in [1.82, 2.24) is 15.1 Å². The van der Waals surface area contributed by atoms with Crippen LogP contribution >= 0.6 is 11.6 Å². The van der Waals surface area contributed by atoms with Crippen LogP contribution in [0.3, 0.4) is 0 Å². The quantitative estimate of drug-likeness (QED) is 0.721. The van der Waals surface area contributed by atoms with E-state index in [0.717, 1.165) is 18.7 Å². The maximum Gasteiger partial charge on any atom is 0.0835 e. The Kier molecular flexibility index (Phi) is 8.26. The zero-order valence-electron chi connectivity index (χ0n) is 13.7. The summed E-state index contributed by atoms with van der Waals surface area (Å²) in [7, 11) is 3.43. The van der Waals surface area contributed by atoms with Crippen LogP contribution in [0.4, 0.5) is 0 Å². The summed E-state index contributed by atoms with van der Waals surface area (Å²) < 4.78 is 12.8. The van der Waals surface area contributed by atoms with E-state index in [2.05, 4.69) is 31.2 Å². The highest BCUT2D eigenvalue weighted by atomic mass is 35.5. The molecule has 0 spiro atoms. The largest absolute Gasteiger partial charge is 0.383 e. The summed E-state index contributed by atoms with van der Waals surface area (Å²) in [5, 5.41) is 8.59. The van der Waals surface area contributed by atoms with Crippen LogP contribution in [-0.4, -0.2) is 43.3 Å². The molecule has 0 bridgehead atoms. The van der Waals surface area contributed by atoms with Gasteiger partial charge >= 0.3 is 0 Å². The molecule has 0 fully saturated rings. The van der Waals surface area contributed by atoms with Crippen molar-refractivity contribution >= 4 is 11.6 Å². The standard InChI is InChI=1S/C15H28ClN3O2/c1-6-7-17-13(15(21-5)11(2)3)14-12(16)10-18-19(14)8-9-20-4/h10-11,13,15,17H,6-9H2,1-5H3. The first kappa shape index (κ1) is 18.4. The number of halogens is 1. The molecule has 0 radical (unpaired) electrons. The van der Waals surface area contributed by atoms with Gasteiger partial charge in [-0.05, 0) is 18.9 Å². The van der Waals surface area contributed by atoms with Gasteiger partial charge in [0.25, 0.3) is 0 Å². The van der Waals surface area contributed by atoms with Gasteiger partial charge in [-0.1, -0.05) is 32.4 Å². The van der Waals surface area contributed by atoms with E-state index in [1.54, 1.807) is 20.4 Å². The van der Waals surface area contributed by atoms with Crippen molar-refractivity contribution in [1.29, 1.82) is 0 Å². The van der Waals surface area contributed by atoms with E-state index in [9.17, 15) is 0 Å². The molecule has 0 saturated heterocycles. The van der Waals surface area contributed by atoms with E-state index in [4.69, 9.17) is 21.1 Å². The molecular formula is C15H28ClN3O2. The highest BCUT2D eigenvalue weighted by molar-refractivity contribution is 6.31. The van der Waals surface area contributed by atoms with Gasteiger partial charge in [0.15, 0.2) is 0 Å². The van der Waals surface area contributed by atoms with E-state index in [1.165, 1.54) is 0 Å². The number of rotatable bonds is 10. The summed E-state index contributed by atoms with van der Waals surface area (Å²) in [5.74, 6) is 0.367. The zero-order chi connectivity index (χ0) is 15.8. The van der Waals surface area contributed by atoms with Crippen molar-refractivity contribution < 1.29 is 9.47 Å². The van der Waals surface area contributed by atoms with Crippen molar-refractivity contribution in [3.63, 3.8) is 0 Å². The van der Waals surface area contributed by atoms with Crippen molar-refractivity contribution in [2.45, 2.75) is 45.9 Å². The van der Waals surface area contributed by atoms with Crippen LogP contribution in [0.25, 0.3) is 0 Å². The number of methoxy groups -OCH3 is 2. The second-order valence-electron chi connectivity index (χ2n) is 5.47. The Bertz CT molecular complexity index is 410. The molecule has 5 nitrogen and oxygen atoms in total. The molecule has 2 unspecified atom stereocenters. The van der Waals surface area contributed by atoms with Gasteiger partial charge in [-0.15, -0.1) is 0 Å². The van der Waals surface area contributed by atoms with Crippen LogP contribution in [0.15, 0.2) is 6.20 Å². The van der Waals surface area contributed by atoms with E-state index >= 15 is 0 Å². The van der Waals surface area contributed by atoms with Gasteiger partial charge < -0.3 is 14.8 Å². The van der Waals surface area contributed by atoms with Crippen molar-refractivity contribution in [2.24, 2.45) is 5.92 Å². The van der Waals surface area contributed by atoms with E-state index < -0.39 is 0 Å². The van der Waals surface area contributed by atoms with Gasteiger partial charge in [0, 0.05) is 14.2 Å². The lowest BCUT2D eigenvalue weighted by Crippen LogP contribution is -2.38. The molecule has 122 valence electrons. The van der Waals surface area contributed by atoms with Crippen LogP contribution in [-0.2, 0) is 16.0 Å². The van der Waals surface area contributed by atoms with Gasteiger partial charge in [0.05, 0.1) is 42.2 Å². The van der Waals surface area contributed by atoms with Crippen LogP contribution in [0.5, 0.6) is 0 Å². The molecule has 0 aliphatic heterocycles. The van der Waals surface area contributed by atoms with Crippen LogP contribution in [0, 0.1) is 5.92 Å². The fourth-order valence-corrected chi connectivity index (χ4v) is 2.76. The van der Waals surface area contributed by atoms with Gasteiger partial charge in [0.2, 0.25) is 0 Å². The highest BCUT2D eigenvalue weighted by Gasteiger charge is 2.30. The fraction of sp³-hybridized carbons (Fsp3) is 0.800. The predicted octanol–water partition coefficient (Wildman–Crippen LogP) is 2.89. The van der Waals surface area contributed by atoms with E-state index in [1.807, 2.05) is 4.68 Å². The Hall–Kier alpha value is -0.620. The summed E-state index contributed by atoms with van der Waals surface area (Å²) in [6.45, 7) is 8.63. The first-order valence-electron chi connectivity index (χ1n) is 7.53. The first-order chi connectivity index (χ1) is 10.1. The first-order valence-corrected chi connectivity index (χ1v) is 7.90. The minimum absolute atomic E-state index is 0.0156. The molecule has 1 N–H and O–H groups in total. The third kappa shape index (κ3) is 4.95. The Balaban J connectivity index is 3.09. The molecule has 2 atom stereocenters. The van der Waals surface area contributed by atoms with E-state index in [0.29, 0.717) is 24.1 Å². The second-order valence-corrected chi connectivity index (χ2v) is 5.88. The van der Waals surface area contributed by atoms with E-state index in [-0.39, 0.29) is 12.1 Å². The summed E-state index contributed by atoms with van der Waals surface area (Å²) in [6, 6.07) is 0.0156. The van der Waals surface area contributed by atoms with Crippen LogP contribution in [0.1, 0.15) is 38.9 Å². The summed E-state index contributed by atoms with van der Waals surface area (Å²) in [5.41, 5.74) is 0.975. The maximum absolute atomic E-state index is 6.38. The summed E-state index contributed by atoms with van der Waals surface area (Å²) in [4.78, 5) is 0. The van der Waals surface area contributed by atoms with Crippen molar-refractivity contribution in [2.75, 3.05) is 27.4 Å². The molecule has 1 heterocycles. The third-order valence-electron chi connectivity index (χ3n) is 3.51. The number of nitrogens with zero attached hydrogens (tertiary/aromatic N) is 2. The highest BCUT2D eigenvalue weighted by Crippen LogP contribution is 2.29. The summed E-state index contributed by atoms with van der Waals surface area (Å²) in [6.07, 6.45) is 2.78. The zero-order valence-corrected chi connectivity index (χ0v) is 14.5. The number of hydrogen-bond acceptors (Lipinski definition) is 4. The molecule has 0 saturated carbocycles. The third-order valence-corrected chi connectivity index (χ3v) is 3.80. The normalized spacial score (nSPS) is 14.6. The molecule has 1 rings (SSSR count). The number of hydrogen-bond donors (Lipinski definition) is 1. The van der Waals surface area contributed by atoms with Crippen molar-refractivity contribution in [3.8, 4) is 0 Å². The molecule has 1 aromatic heterocycles. The number of ether oxygens (including phenoxy) is 2. The Morgan fingerprint density at radius 2 is 2.10 bits per heavy atom. The lowest BCUT2D eigenvalue weighted by Gasteiger charge is -2.30. The predicted molar refractivity (Wildman–Crippen MR) is 85.8 cm³/mol. The average Bonchev–Trinajstić information content (AvgIpc) is 2.81. The molecule has 0 aromatic carbocycles. The number of nitrogens with one attached hydrogen (secondary N) is 1. The summed E-state index contributed by atoms with van der Waals surface area (Å²) >= 11 is 6.38. The lowest BCUT2D eigenvalue weighted by molar-refractivity contribution is 0.0297. The topological polar surface area (TPSA) is 48.3 Å². The minimum Gasteiger partial charge on any atom is -0.383 e. The molecule has 0 aliphatic rings. The monoisotopic (exact) mass is 317 g/mol. The Labute approximate surface area is 132 Å². The molecule has 6 heteroatoms. The molecule has 1 aromatic rings. The maximum atomic E-state index is 6.38. The second kappa shape index (κ2) is 9.41. The smallest absolute Gasteiger partial charge is 0.0835 e. The minimum atomic E-state index is 0.0156. The fourth-order valence-electron chi connectivity index (χ4n) is 2.50. The average molecular weight is 318 g/mol. The number of aromatic nitrogens is 2. The van der Waals surface area contributed by atoms with Gasteiger partial charge in [-0.3, -0.25) is 4.68 Å². The van der Waals surface area contributed by atoms with Gasteiger partial charge in [0.1, 0.15) is 0 Å². The Morgan fingerprint density at radius 1 is 1.38 bits per heavy atom. The molecular weight excluding hydrogens is 290 g/mol. The van der Waals surface area contributed by atoms with Gasteiger partial charge in [-0.25, -0.2) is 0 Å².